The number of benzene rings is 3. The van der Waals surface area contributed by atoms with Gasteiger partial charge in [-0.2, -0.15) is 22.4 Å². The topological polar surface area (TPSA) is 167 Å². The zero-order valence-corrected chi connectivity index (χ0v) is 28.7. The molecule has 4 aromatic rings. The highest BCUT2D eigenvalue weighted by molar-refractivity contribution is 7.87. The average Bonchev–Trinajstić information content (AvgIpc) is 3.51. The van der Waals surface area contributed by atoms with E-state index < -0.39 is 39.7 Å². The number of aryl methyl sites for hydroxylation is 1. The molecule has 13 nitrogen and oxygen atoms in total. The van der Waals surface area contributed by atoms with E-state index in [0.717, 1.165) is 22.9 Å². The van der Waals surface area contributed by atoms with Crippen LogP contribution in [0.5, 0.6) is 0 Å². The van der Waals surface area contributed by atoms with Gasteiger partial charge in [-0.15, -0.1) is 0 Å². The summed E-state index contributed by atoms with van der Waals surface area (Å²) in [5.74, 6) is -2.06. The van der Waals surface area contributed by atoms with Crippen LogP contribution in [0.25, 0.3) is 22.8 Å². The molecule has 1 unspecified atom stereocenters. The Kier molecular flexibility index (Phi) is 10.4. The molecule has 1 aromatic heterocycles. The van der Waals surface area contributed by atoms with Crippen molar-refractivity contribution in [3.63, 3.8) is 0 Å². The quantitative estimate of drug-likeness (QED) is 0.202. The van der Waals surface area contributed by atoms with Crippen LogP contribution in [-0.4, -0.2) is 77.9 Å². The number of piperazine rings is 1. The van der Waals surface area contributed by atoms with E-state index in [4.69, 9.17) is 9.26 Å². The lowest BCUT2D eigenvalue weighted by Crippen LogP contribution is -2.55. The number of nitrogens with zero attached hydrogens (tertiary/aromatic N) is 4. The summed E-state index contributed by atoms with van der Waals surface area (Å²) >= 11 is 0. The summed E-state index contributed by atoms with van der Waals surface area (Å²) in [6.45, 7) is 10.6. The van der Waals surface area contributed by atoms with E-state index in [9.17, 15) is 23.1 Å². The van der Waals surface area contributed by atoms with E-state index in [2.05, 4.69) is 25.1 Å². The van der Waals surface area contributed by atoms with Crippen molar-refractivity contribution in [2.24, 2.45) is 0 Å². The summed E-state index contributed by atoms with van der Waals surface area (Å²) in [6, 6.07) is 15.0. The number of carbonyl (C=O) groups is 2. The largest absolute Gasteiger partial charge is 0.480 e. The molecule has 5 rings (SSSR count). The number of carboxylic acids is 1. The standard InChI is InChI=1S/C34H39FN6O7S/c1-21-7-6-8-29(22(21)2)40-15-17-41(18-16-40)49(45,46)39-28(32(42)43)20-23-9-14-26(27(35)19-23)30-37-31(48-38-30)24-10-12-25(13-11-24)36-33(44)47-34(3,4)5/h6-14,19,28,39H,15-18,20H2,1-5H3,(H,36,44)(H,42,43). The second-order valence-corrected chi connectivity index (χ2v) is 14.5. The van der Waals surface area contributed by atoms with Gasteiger partial charge in [0.15, 0.2) is 0 Å². The maximum absolute atomic E-state index is 15.3. The van der Waals surface area contributed by atoms with Crippen molar-refractivity contribution >= 4 is 33.6 Å². The fourth-order valence-electron chi connectivity index (χ4n) is 5.35. The Morgan fingerprint density at radius 3 is 2.37 bits per heavy atom. The molecule has 1 amide bonds. The lowest BCUT2D eigenvalue weighted by molar-refractivity contribution is -0.138. The Labute approximate surface area is 284 Å². The van der Waals surface area contributed by atoms with Crippen LogP contribution in [-0.2, 0) is 26.2 Å². The fraction of sp³-hybridized carbons (Fsp3) is 0.353. The van der Waals surface area contributed by atoms with Gasteiger partial charge in [0.2, 0.25) is 5.82 Å². The van der Waals surface area contributed by atoms with Crippen molar-refractivity contribution in [1.82, 2.24) is 19.2 Å². The molecule has 0 radical (unpaired) electrons. The zero-order chi connectivity index (χ0) is 35.5. The SMILES string of the molecule is Cc1cccc(N2CCN(S(=O)(=O)NC(Cc3ccc(-c4noc(-c5ccc(NC(=O)OC(C)(C)C)cc5)n4)c(F)c3)C(=O)O)CC2)c1C. The van der Waals surface area contributed by atoms with E-state index in [1.807, 2.05) is 32.0 Å². The van der Waals surface area contributed by atoms with Crippen LogP contribution in [0.4, 0.5) is 20.6 Å². The monoisotopic (exact) mass is 694 g/mol. The molecule has 1 aliphatic heterocycles. The number of carbonyl (C=O) groups excluding carboxylic acids is 1. The third-order valence-electron chi connectivity index (χ3n) is 8.00. The van der Waals surface area contributed by atoms with Gasteiger partial charge in [-0.05, 0) is 100 Å². The first-order chi connectivity index (χ1) is 23.1. The summed E-state index contributed by atoms with van der Waals surface area (Å²) in [6.07, 6.45) is -0.899. The number of aromatic nitrogens is 2. The first kappa shape index (κ1) is 35.4. The molecular weight excluding hydrogens is 655 g/mol. The minimum absolute atomic E-state index is 0.0103. The minimum Gasteiger partial charge on any atom is -0.480 e. The molecule has 0 bridgehead atoms. The van der Waals surface area contributed by atoms with Crippen molar-refractivity contribution in [1.29, 1.82) is 0 Å². The number of rotatable bonds is 10. The summed E-state index contributed by atoms with van der Waals surface area (Å²) in [7, 11) is -4.15. The molecule has 0 aliphatic carbocycles. The third-order valence-corrected chi connectivity index (χ3v) is 9.63. The number of carboxylic acid groups (broad SMARTS) is 1. The molecule has 260 valence electrons. The highest BCUT2D eigenvalue weighted by Crippen LogP contribution is 2.27. The van der Waals surface area contributed by atoms with Gasteiger partial charge in [0.05, 0.1) is 5.56 Å². The van der Waals surface area contributed by atoms with Crippen LogP contribution in [0, 0.1) is 19.7 Å². The number of hydrogen-bond acceptors (Lipinski definition) is 9. The highest BCUT2D eigenvalue weighted by atomic mass is 32.2. The van der Waals surface area contributed by atoms with Gasteiger partial charge in [-0.3, -0.25) is 10.1 Å². The number of anilines is 2. The van der Waals surface area contributed by atoms with Gasteiger partial charge in [0.1, 0.15) is 17.5 Å². The highest BCUT2D eigenvalue weighted by Gasteiger charge is 2.32. The van der Waals surface area contributed by atoms with Gasteiger partial charge in [-0.25, -0.2) is 9.18 Å². The molecule has 1 atom stereocenters. The molecule has 15 heteroatoms. The van der Waals surface area contributed by atoms with Crippen LogP contribution < -0.4 is 14.9 Å². The van der Waals surface area contributed by atoms with Gasteiger partial charge in [-0.1, -0.05) is 23.4 Å². The third kappa shape index (κ3) is 8.79. The molecular formula is C34H39FN6O7S. The predicted octanol–water partition coefficient (Wildman–Crippen LogP) is 5.16. The van der Waals surface area contributed by atoms with Crippen molar-refractivity contribution in [3.8, 4) is 22.8 Å². The predicted molar refractivity (Wildman–Crippen MR) is 182 cm³/mol. The van der Waals surface area contributed by atoms with Crippen LogP contribution in [0.1, 0.15) is 37.5 Å². The van der Waals surface area contributed by atoms with Crippen molar-refractivity contribution in [3.05, 3.63) is 83.2 Å². The number of ether oxygens (including phenoxy) is 1. The number of aliphatic carboxylic acids is 1. The summed E-state index contributed by atoms with van der Waals surface area (Å²) in [5.41, 5.74) is 3.94. The van der Waals surface area contributed by atoms with Crippen LogP contribution in [0.2, 0.25) is 0 Å². The van der Waals surface area contributed by atoms with Crippen molar-refractivity contribution in [2.45, 2.75) is 52.7 Å². The van der Waals surface area contributed by atoms with Crippen LogP contribution in [0.15, 0.2) is 65.2 Å². The van der Waals surface area contributed by atoms with Gasteiger partial charge >= 0.3 is 12.1 Å². The van der Waals surface area contributed by atoms with Gasteiger partial charge in [0.25, 0.3) is 16.1 Å². The van der Waals surface area contributed by atoms with E-state index >= 15 is 4.39 Å². The lowest BCUT2D eigenvalue weighted by Gasteiger charge is -2.36. The zero-order valence-electron chi connectivity index (χ0n) is 27.9. The number of nitrogens with one attached hydrogen (secondary N) is 2. The normalized spacial score (nSPS) is 14.8. The van der Waals surface area contributed by atoms with E-state index in [0.29, 0.717) is 24.3 Å². The molecule has 3 aromatic carbocycles. The molecule has 1 fully saturated rings. The van der Waals surface area contributed by atoms with E-state index in [1.165, 1.54) is 16.4 Å². The van der Waals surface area contributed by atoms with Crippen LogP contribution >= 0.6 is 0 Å². The average molecular weight is 695 g/mol. The maximum atomic E-state index is 15.3. The Bertz CT molecular complexity index is 1930. The second-order valence-electron chi connectivity index (χ2n) is 12.8. The van der Waals surface area contributed by atoms with E-state index in [1.54, 1.807) is 45.0 Å². The minimum atomic E-state index is -4.15. The number of hydrogen-bond donors (Lipinski definition) is 3. The Morgan fingerprint density at radius 1 is 1.04 bits per heavy atom. The summed E-state index contributed by atoms with van der Waals surface area (Å²) in [5, 5.41) is 16.4. The first-order valence-electron chi connectivity index (χ1n) is 15.6. The number of halogens is 1. The summed E-state index contributed by atoms with van der Waals surface area (Å²) in [4.78, 5) is 30.5. The van der Waals surface area contributed by atoms with Gasteiger partial charge in [0, 0.05) is 43.1 Å². The molecule has 3 N–H and O–H groups in total. The Hall–Kier alpha value is -4.86. The van der Waals surface area contributed by atoms with E-state index in [-0.39, 0.29) is 42.4 Å². The van der Waals surface area contributed by atoms with Crippen molar-refractivity contribution < 1.29 is 36.8 Å². The smallest absolute Gasteiger partial charge is 0.412 e. The molecule has 1 saturated heterocycles. The van der Waals surface area contributed by atoms with Crippen molar-refractivity contribution in [2.75, 3.05) is 36.4 Å². The second kappa shape index (κ2) is 14.3. The summed E-state index contributed by atoms with van der Waals surface area (Å²) < 4.78 is 55.8. The Balaban J connectivity index is 1.21. The molecule has 1 aliphatic rings. The molecule has 0 saturated carbocycles. The molecule has 2 heterocycles. The first-order valence-corrected chi connectivity index (χ1v) is 17.1. The maximum Gasteiger partial charge on any atom is 0.412 e. The lowest BCUT2D eigenvalue weighted by atomic mass is 10.0. The van der Waals surface area contributed by atoms with Gasteiger partial charge < -0.3 is 19.3 Å². The van der Waals surface area contributed by atoms with Crippen LogP contribution in [0.3, 0.4) is 0 Å². The molecule has 0 spiro atoms. The number of amides is 1. The molecule has 49 heavy (non-hydrogen) atoms. The Morgan fingerprint density at radius 2 is 1.73 bits per heavy atom. The fourth-order valence-corrected chi connectivity index (χ4v) is 6.69.